The summed E-state index contributed by atoms with van der Waals surface area (Å²) in [5.41, 5.74) is 4.38. The van der Waals surface area contributed by atoms with E-state index in [1.807, 2.05) is 18.2 Å². The highest BCUT2D eigenvalue weighted by molar-refractivity contribution is 5.60. The third-order valence-corrected chi connectivity index (χ3v) is 4.25. The van der Waals surface area contributed by atoms with Crippen LogP contribution >= 0.6 is 0 Å². The molecule has 0 unspecified atom stereocenters. The largest absolute Gasteiger partial charge is 0.493 e. The van der Waals surface area contributed by atoms with Gasteiger partial charge in [0.25, 0.3) is 0 Å². The lowest BCUT2D eigenvalue weighted by molar-refractivity contribution is 0.355. The number of nitrogens with one attached hydrogen (secondary N) is 1. The molecule has 0 saturated heterocycles. The van der Waals surface area contributed by atoms with Crippen LogP contribution in [0, 0.1) is 6.92 Å². The maximum atomic E-state index is 5.80. The molecule has 3 rings (SSSR count). The monoisotopic (exact) mass is 353 g/mol. The Morgan fingerprint density at radius 1 is 1.04 bits per heavy atom. The zero-order valence-electron chi connectivity index (χ0n) is 15.5. The van der Waals surface area contributed by atoms with Gasteiger partial charge in [0.15, 0.2) is 11.5 Å². The summed E-state index contributed by atoms with van der Waals surface area (Å²) in [6, 6.07) is 11.8. The summed E-state index contributed by atoms with van der Waals surface area (Å²) < 4.78 is 16.4. The van der Waals surface area contributed by atoms with Gasteiger partial charge in [-0.1, -0.05) is 25.1 Å². The zero-order valence-corrected chi connectivity index (χ0v) is 15.5. The number of hydrogen-bond donors (Lipinski definition) is 1. The van der Waals surface area contributed by atoms with Crippen molar-refractivity contribution in [3.05, 3.63) is 53.4 Å². The quantitative estimate of drug-likeness (QED) is 0.685. The number of aromatic nitrogens is 2. The van der Waals surface area contributed by atoms with Gasteiger partial charge >= 0.3 is 0 Å². The predicted molar refractivity (Wildman–Crippen MR) is 101 cm³/mol. The molecular weight excluding hydrogens is 330 g/mol. The first-order valence-electron chi connectivity index (χ1n) is 8.53. The molecule has 136 valence electrons. The van der Waals surface area contributed by atoms with Crippen molar-refractivity contribution in [1.29, 1.82) is 0 Å². The number of benzene rings is 2. The zero-order chi connectivity index (χ0) is 18.5. The molecule has 1 aromatic heterocycles. The Labute approximate surface area is 153 Å². The Morgan fingerprint density at radius 2 is 1.85 bits per heavy atom. The summed E-state index contributed by atoms with van der Waals surface area (Å²) in [5.74, 6) is 2.25. The van der Waals surface area contributed by atoms with Gasteiger partial charge in [0.2, 0.25) is 11.8 Å². The van der Waals surface area contributed by atoms with Gasteiger partial charge in [-0.25, -0.2) is 0 Å². The van der Waals surface area contributed by atoms with E-state index in [1.54, 1.807) is 14.2 Å². The van der Waals surface area contributed by atoms with Crippen LogP contribution in [0.5, 0.6) is 11.5 Å². The molecule has 1 heterocycles. The number of anilines is 1. The van der Waals surface area contributed by atoms with Gasteiger partial charge in [-0.3, -0.25) is 0 Å². The summed E-state index contributed by atoms with van der Waals surface area (Å²) in [7, 11) is 3.20. The summed E-state index contributed by atoms with van der Waals surface area (Å²) >= 11 is 0. The molecular formula is C20H23N3O3. The molecule has 6 nitrogen and oxygen atoms in total. The highest BCUT2D eigenvalue weighted by Gasteiger charge is 2.13. The highest BCUT2D eigenvalue weighted by atomic mass is 16.5. The number of hydrogen-bond acceptors (Lipinski definition) is 6. The van der Waals surface area contributed by atoms with E-state index in [0.717, 1.165) is 17.7 Å². The second-order valence-corrected chi connectivity index (χ2v) is 5.89. The number of rotatable bonds is 7. The minimum absolute atomic E-state index is 0.447. The summed E-state index contributed by atoms with van der Waals surface area (Å²) in [5, 5.41) is 11.7. The van der Waals surface area contributed by atoms with Crippen molar-refractivity contribution < 1.29 is 13.9 Å². The van der Waals surface area contributed by atoms with Gasteiger partial charge in [-0.2, -0.15) is 0 Å². The molecule has 0 aliphatic rings. The van der Waals surface area contributed by atoms with Gasteiger partial charge < -0.3 is 19.2 Å². The fourth-order valence-electron chi connectivity index (χ4n) is 2.85. The van der Waals surface area contributed by atoms with E-state index in [9.17, 15) is 0 Å². The molecule has 6 heteroatoms. The van der Waals surface area contributed by atoms with Gasteiger partial charge in [-0.05, 0) is 42.7 Å². The van der Waals surface area contributed by atoms with Crippen molar-refractivity contribution in [2.75, 3.05) is 19.5 Å². The van der Waals surface area contributed by atoms with Crippen molar-refractivity contribution in [2.24, 2.45) is 0 Å². The average molecular weight is 353 g/mol. The topological polar surface area (TPSA) is 69.4 Å². The molecule has 0 aliphatic carbocycles. The molecule has 0 atom stereocenters. The normalized spacial score (nSPS) is 10.6. The van der Waals surface area contributed by atoms with Crippen LogP contribution in [0.4, 0.5) is 5.69 Å². The van der Waals surface area contributed by atoms with Crippen LogP contribution in [0.1, 0.15) is 23.9 Å². The number of para-hydroxylation sites is 1. The summed E-state index contributed by atoms with van der Waals surface area (Å²) in [4.78, 5) is 0. The summed E-state index contributed by atoms with van der Waals surface area (Å²) in [6.45, 7) is 4.70. The van der Waals surface area contributed by atoms with E-state index in [2.05, 4.69) is 47.6 Å². The second-order valence-electron chi connectivity index (χ2n) is 5.89. The average Bonchev–Trinajstić information content (AvgIpc) is 3.15. The van der Waals surface area contributed by atoms with Crippen LogP contribution in [-0.4, -0.2) is 24.4 Å². The lowest BCUT2D eigenvalue weighted by atomic mass is 10.1. The first kappa shape index (κ1) is 17.8. The molecule has 2 aromatic carbocycles. The van der Waals surface area contributed by atoms with Gasteiger partial charge in [0, 0.05) is 11.3 Å². The van der Waals surface area contributed by atoms with Crippen LogP contribution in [0.3, 0.4) is 0 Å². The molecule has 26 heavy (non-hydrogen) atoms. The molecule has 0 amide bonds. The van der Waals surface area contributed by atoms with Crippen LogP contribution in [-0.2, 0) is 13.0 Å². The van der Waals surface area contributed by atoms with Gasteiger partial charge in [0.1, 0.15) is 0 Å². The number of nitrogens with zero attached hydrogens (tertiary/aromatic N) is 2. The van der Waals surface area contributed by atoms with E-state index in [4.69, 9.17) is 13.9 Å². The van der Waals surface area contributed by atoms with E-state index < -0.39 is 0 Å². The third kappa shape index (κ3) is 3.64. The Hall–Kier alpha value is -3.02. The second kappa shape index (κ2) is 7.91. The molecule has 0 radical (unpaired) electrons. The van der Waals surface area contributed by atoms with Crippen molar-refractivity contribution in [3.63, 3.8) is 0 Å². The highest BCUT2D eigenvalue weighted by Crippen LogP contribution is 2.31. The number of methoxy groups -OCH3 is 2. The van der Waals surface area contributed by atoms with E-state index >= 15 is 0 Å². The molecule has 0 fully saturated rings. The Morgan fingerprint density at radius 3 is 2.58 bits per heavy atom. The lowest BCUT2D eigenvalue weighted by Gasteiger charge is -2.12. The van der Waals surface area contributed by atoms with Gasteiger partial charge in [0.05, 0.1) is 20.8 Å². The molecule has 0 aliphatic heterocycles. The van der Waals surface area contributed by atoms with Crippen LogP contribution in [0.2, 0.25) is 0 Å². The molecule has 3 aromatic rings. The van der Waals surface area contributed by atoms with Gasteiger partial charge in [-0.15, -0.1) is 10.2 Å². The lowest BCUT2D eigenvalue weighted by Crippen LogP contribution is -2.04. The maximum Gasteiger partial charge on any atom is 0.247 e. The van der Waals surface area contributed by atoms with Crippen LogP contribution in [0.25, 0.3) is 11.5 Å². The standard InChI is InChI=1S/C20H23N3O3/c1-5-14-8-6-7-13(2)19(14)21-12-18-22-23-20(26-18)15-9-10-16(24-3)17(11-15)25-4/h6-11,21H,5,12H2,1-4H3. The number of ether oxygens (including phenoxy) is 2. The first-order valence-corrected chi connectivity index (χ1v) is 8.53. The smallest absolute Gasteiger partial charge is 0.247 e. The third-order valence-electron chi connectivity index (χ3n) is 4.25. The van der Waals surface area contributed by atoms with Crippen molar-refractivity contribution in [3.8, 4) is 23.0 Å². The van der Waals surface area contributed by atoms with E-state index in [0.29, 0.717) is 29.8 Å². The molecule has 0 spiro atoms. The molecule has 1 N–H and O–H groups in total. The Kier molecular flexibility index (Phi) is 5.41. The van der Waals surface area contributed by atoms with Crippen molar-refractivity contribution in [1.82, 2.24) is 10.2 Å². The first-order chi connectivity index (χ1) is 12.7. The fraction of sp³-hybridized carbons (Fsp3) is 0.300. The Balaban J connectivity index is 1.77. The minimum atomic E-state index is 0.447. The fourth-order valence-corrected chi connectivity index (χ4v) is 2.85. The summed E-state index contributed by atoms with van der Waals surface area (Å²) in [6.07, 6.45) is 0.963. The van der Waals surface area contributed by atoms with Crippen molar-refractivity contribution in [2.45, 2.75) is 26.8 Å². The van der Waals surface area contributed by atoms with E-state index in [1.165, 1.54) is 11.1 Å². The minimum Gasteiger partial charge on any atom is -0.493 e. The van der Waals surface area contributed by atoms with Crippen LogP contribution in [0.15, 0.2) is 40.8 Å². The predicted octanol–water partition coefficient (Wildman–Crippen LogP) is 4.24. The molecule has 0 bridgehead atoms. The van der Waals surface area contributed by atoms with Crippen LogP contribution < -0.4 is 14.8 Å². The SMILES string of the molecule is CCc1cccc(C)c1NCc1nnc(-c2ccc(OC)c(OC)c2)o1. The maximum absolute atomic E-state index is 5.80. The van der Waals surface area contributed by atoms with E-state index in [-0.39, 0.29) is 0 Å². The molecule has 0 saturated carbocycles. The number of aryl methyl sites for hydroxylation is 2. The van der Waals surface area contributed by atoms with Crippen molar-refractivity contribution >= 4 is 5.69 Å². The Bertz CT molecular complexity index is 890.